The Balaban J connectivity index is 1.75. The summed E-state index contributed by atoms with van der Waals surface area (Å²) in [5.74, 6) is -0.217. The van der Waals surface area contributed by atoms with Crippen molar-refractivity contribution in [3.63, 3.8) is 0 Å². The van der Waals surface area contributed by atoms with E-state index in [4.69, 9.17) is 0 Å². The Morgan fingerprint density at radius 1 is 1.16 bits per heavy atom. The lowest BCUT2D eigenvalue weighted by atomic mass is 10.1. The van der Waals surface area contributed by atoms with Gasteiger partial charge in [-0.2, -0.15) is 0 Å². The van der Waals surface area contributed by atoms with Crippen molar-refractivity contribution in [1.29, 1.82) is 0 Å². The van der Waals surface area contributed by atoms with Gasteiger partial charge in [-0.3, -0.25) is 19.3 Å². The molecule has 1 aliphatic rings. The summed E-state index contributed by atoms with van der Waals surface area (Å²) in [5.41, 5.74) is 3.11. The summed E-state index contributed by atoms with van der Waals surface area (Å²) < 4.78 is 0. The summed E-state index contributed by atoms with van der Waals surface area (Å²) in [6.07, 6.45) is 0.827. The van der Waals surface area contributed by atoms with Gasteiger partial charge in [-0.1, -0.05) is 49.0 Å². The molecule has 3 amide bonds. The standard InChI is InChI=1S/C19H18N2O3S/c1-2-14-7-3-4-9-16(14)20-18(23)15-8-5-6-13(10-15)11-21-17(22)12-25-19(21)24/h3-10H,2,11-12H2,1H3,(H,20,23). The smallest absolute Gasteiger partial charge is 0.289 e. The topological polar surface area (TPSA) is 66.5 Å². The van der Waals surface area contributed by atoms with Crippen molar-refractivity contribution < 1.29 is 14.4 Å². The number of thioether (sulfide) groups is 1. The Morgan fingerprint density at radius 2 is 1.96 bits per heavy atom. The van der Waals surface area contributed by atoms with Gasteiger partial charge in [0.15, 0.2) is 0 Å². The number of nitrogens with zero attached hydrogens (tertiary/aromatic N) is 1. The van der Waals surface area contributed by atoms with Crippen LogP contribution < -0.4 is 5.32 Å². The van der Waals surface area contributed by atoms with E-state index in [0.29, 0.717) is 5.56 Å². The van der Waals surface area contributed by atoms with Gasteiger partial charge in [0.2, 0.25) is 5.91 Å². The van der Waals surface area contributed by atoms with Crippen molar-refractivity contribution >= 4 is 34.5 Å². The molecule has 0 saturated carbocycles. The van der Waals surface area contributed by atoms with E-state index in [0.717, 1.165) is 35.0 Å². The van der Waals surface area contributed by atoms with Crippen LogP contribution in [0.2, 0.25) is 0 Å². The molecule has 5 nitrogen and oxygen atoms in total. The molecule has 0 unspecified atom stereocenters. The van der Waals surface area contributed by atoms with E-state index in [1.54, 1.807) is 24.3 Å². The third kappa shape index (κ3) is 3.91. The maximum absolute atomic E-state index is 12.5. The second-order valence-electron chi connectivity index (χ2n) is 5.70. The van der Waals surface area contributed by atoms with Crippen LogP contribution in [-0.2, 0) is 17.8 Å². The lowest BCUT2D eigenvalue weighted by molar-refractivity contribution is -0.125. The number of benzene rings is 2. The quantitative estimate of drug-likeness (QED) is 0.889. The molecule has 0 aliphatic carbocycles. The molecule has 0 atom stereocenters. The number of aryl methyl sites for hydroxylation is 1. The SMILES string of the molecule is CCc1ccccc1NC(=O)c1cccc(CN2C(=O)CSC2=O)c1. The van der Waals surface area contributed by atoms with Crippen LogP contribution in [0.25, 0.3) is 0 Å². The normalized spacial score (nSPS) is 14.0. The number of carbonyl (C=O) groups is 3. The van der Waals surface area contributed by atoms with E-state index < -0.39 is 0 Å². The second kappa shape index (κ2) is 7.53. The Bertz CT molecular complexity index is 819. The van der Waals surface area contributed by atoms with Crippen molar-refractivity contribution in [1.82, 2.24) is 4.90 Å². The number of amides is 3. The highest BCUT2D eigenvalue weighted by atomic mass is 32.2. The van der Waals surface area contributed by atoms with Crippen molar-refractivity contribution in [2.45, 2.75) is 19.9 Å². The molecule has 0 bridgehead atoms. The fraction of sp³-hybridized carbons (Fsp3) is 0.211. The van der Waals surface area contributed by atoms with Crippen LogP contribution in [-0.4, -0.2) is 27.7 Å². The van der Waals surface area contributed by atoms with Crippen LogP contribution in [0.1, 0.15) is 28.4 Å². The minimum Gasteiger partial charge on any atom is -0.322 e. The van der Waals surface area contributed by atoms with Gasteiger partial charge in [0.25, 0.3) is 11.1 Å². The number of nitrogens with one attached hydrogen (secondary N) is 1. The molecule has 0 aromatic heterocycles. The summed E-state index contributed by atoms with van der Waals surface area (Å²) in [5, 5.41) is 2.69. The fourth-order valence-electron chi connectivity index (χ4n) is 2.67. The molecule has 0 spiro atoms. The predicted octanol–water partition coefficient (Wildman–Crippen LogP) is 3.70. The molecule has 2 aromatic rings. The largest absolute Gasteiger partial charge is 0.322 e. The van der Waals surface area contributed by atoms with Crippen molar-refractivity contribution in [2.24, 2.45) is 0 Å². The van der Waals surface area contributed by atoms with Gasteiger partial charge in [0.1, 0.15) is 0 Å². The van der Waals surface area contributed by atoms with Gasteiger partial charge in [-0.25, -0.2) is 0 Å². The first-order valence-corrected chi connectivity index (χ1v) is 9.02. The van der Waals surface area contributed by atoms with Crippen molar-refractivity contribution in [3.05, 3.63) is 65.2 Å². The maximum atomic E-state index is 12.5. The minimum atomic E-state index is -0.239. The van der Waals surface area contributed by atoms with Gasteiger partial charge >= 0.3 is 0 Å². The average Bonchev–Trinajstić information content (AvgIpc) is 2.94. The van der Waals surface area contributed by atoms with Gasteiger partial charge in [0.05, 0.1) is 12.3 Å². The van der Waals surface area contributed by atoms with E-state index in [1.165, 1.54) is 4.90 Å². The van der Waals surface area contributed by atoms with Crippen LogP contribution in [0.5, 0.6) is 0 Å². The zero-order chi connectivity index (χ0) is 17.8. The molecule has 0 radical (unpaired) electrons. The second-order valence-corrected chi connectivity index (χ2v) is 6.63. The van der Waals surface area contributed by atoms with Gasteiger partial charge in [-0.15, -0.1) is 0 Å². The molecule has 25 heavy (non-hydrogen) atoms. The molecule has 1 fully saturated rings. The van der Waals surface area contributed by atoms with Gasteiger partial charge in [-0.05, 0) is 35.7 Å². The highest BCUT2D eigenvalue weighted by molar-refractivity contribution is 8.14. The van der Waals surface area contributed by atoms with E-state index in [1.807, 2.05) is 31.2 Å². The molecular weight excluding hydrogens is 336 g/mol. The van der Waals surface area contributed by atoms with Gasteiger partial charge < -0.3 is 5.32 Å². The Morgan fingerprint density at radius 3 is 2.68 bits per heavy atom. The molecule has 128 valence electrons. The Kier molecular flexibility index (Phi) is 5.19. The summed E-state index contributed by atoms with van der Waals surface area (Å²) in [6.45, 7) is 2.23. The van der Waals surface area contributed by atoms with Crippen molar-refractivity contribution in [2.75, 3.05) is 11.1 Å². The molecule has 1 aliphatic heterocycles. The van der Waals surface area contributed by atoms with E-state index in [-0.39, 0.29) is 29.4 Å². The Labute approximate surface area is 150 Å². The highest BCUT2D eigenvalue weighted by Gasteiger charge is 2.29. The summed E-state index contributed by atoms with van der Waals surface area (Å²) in [4.78, 5) is 37.2. The highest BCUT2D eigenvalue weighted by Crippen LogP contribution is 2.22. The van der Waals surface area contributed by atoms with E-state index in [2.05, 4.69) is 5.32 Å². The van der Waals surface area contributed by atoms with Crippen molar-refractivity contribution in [3.8, 4) is 0 Å². The molecule has 2 aromatic carbocycles. The predicted molar refractivity (Wildman–Crippen MR) is 98.6 cm³/mol. The molecule has 6 heteroatoms. The number of anilines is 1. The maximum Gasteiger partial charge on any atom is 0.289 e. The van der Waals surface area contributed by atoms with E-state index >= 15 is 0 Å². The fourth-order valence-corrected chi connectivity index (χ4v) is 3.40. The number of rotatable bonds is 5. The van der Waals surface area contributed by atoms with Crippen LogP contribution in [0, 0.1) is 0 Å². The summed E-state index contributed by atoms with van der Waals surface area (Å²) in [7, 11) is 0. The molecular formula is C19H18N2O3S. The molecule has 1 N–H and O–H groups in total. The third-order valence-corrected chi connectivity index (χ3v) is 4.88. The lowest BCUT2D eigenvalue weighted by Gasteiger charge is -2.14. The molecule has 1 heterocycles. The first-order chi connectivity index (χ1) is 12.1. The minimum absolute atomic E-state index is 0.187. The van der Waals surface area contributed by atoms with Crippen LogP contribution in [0.15, 0.2) is 48.5 Å². The average molecular weight is 354 g/mol. The van der Waals surface area contributed by atoms with Crippen LogP contribution >= 0.6 is 11.8 Å². The Hall–Kier alpha value is -2.60. The molecule has 3 rings (SSSR count). The number of carbonyl (C=O) groups excluding carboxylic acids is 3. The number of imide groups is 1. The summed E-state index contributed by atoms with van der Waals surface area (Å²) >= 11 is 1.01. The lowest BCUT2D eigenvalue weighted by Crippen LogP contribution is -2.28. The number of para-hydroxylation sites is 1. The first-order valence-electron chi connectivity index (χ1n) is 8.04. The first kappa shape index (κ1) is 17.2. The monoisotopic (exact) mass is 354 g/mol. The van der Waals surface area contributed by atoms with Crippen LogP contribution in [0.3, 0.4) is 0 Å². The zero-order valence-electron chi connectivity index (χ0n) is 13.8. The number of hydrogen-bond donors (Lipinski definition) is 1. The third-order valence-electron chi connectivity index (χ3n) is 4.02. The molecule has 1 saturated heterocycles. The van der Waals surface area contributed by atoms with E-state index in [9.17, 15) is 14.4 Å². The van der Waals surface area contributed by atoms with Gasteiger partial charge in [0, 0.05) is 11.3 Å². The number of hydrogen-bond acceptors (Lipinski definition) is 4. The summed E-state index contributed by atoms with van der Waals surface area (Å²) in [6, 6.07) is 14.7. The van der Waals surface area contributed by atoms with Crippen LogP contribution in [0.4, 0.5) is 10.5 Å². The zero-order valence-corrected chi connectivity index (χ0v) is 14.6.